The highest BCUT2D eigenvalue weighted by molar-refractivity contribution is 6.05. The van der Waals surface area contributed by atoms with E-state index in [9.17, 15) is 4.79 Å². The Kier molecular flexibility index (Phi) is 6.59. The fourth-order valence-electron chi connectivity index (χ4n) is 2.90. The number of rotatable bonds is 7. The fourth-order valence-corrected chi connectivity index (χ4v) is 2.90. The average molecular weight is 341 g/mol. The molecule has 2 aromatic rings. The first-order valence-electron chi connectivity index (χ1n) is 8.68. The predicted molar refractivity (Wildman–Crippen MR) is 102 cm³/mol. The number of aryl methyl sites for hydroxylation is 3. The number of hydrogen-bond acceptors (Lipinski definition) is 3. The lowest BCUT2D eigenvalue weighted by molar-refractivity contribution is 0.102. The normalized spacial score (nSPS) is 10.6. The van der Waals surface area contributed by atoms with E-state index in [0.717, 1.165) is 28.1 Å². The average Bonchev–Trinajstić information content (AvgIpc) is 2.57. The van der Waals surface area contributed by atoms with Crippen molar-refractivity contribution in [3.05, 3.63) is 58.1 Å². The Morgan fingerprint density at radius 3 is 2.28 bits per heavy atom. The number of carbonyl (C=O) groups is 1. The second-order valence-electron chi connectivity index (χ2n) is 6.12. The Labute approximate surface area is 150 Å². The summed E-state index contributed by atoms with van der Waals surface area (Å²) in [6, 6.07) is 9.60. The Hall–Kier alpha value is -2.33. The van der Waals surface area contributed by atoms with Crippen LogP contribution in [-0.4, -0.2) is 19.1 Å². The smallest absolute Gasteiger partial charge is 0.255 e. The minimum Gasteiger partial charge on any atom is -0.494 e. The molecule has 0 saturated heterocycles. The third-order valence-corrected chi connectivity index (χ3v) is 4.00. The van der Waals surface area contributed by atoms with Crippen LogP contribution in [0.2, 0.25) is 0 Å². The maximum atomic E-state index is 12.7. The summed E-state index contributed by atoms with van der Waals surface area (Å²) in [6.07, 6.45) is 0. The van der Waals surface area contributed by atoms with Crippen LogP contribution >= 0.6 is 0 Å². The molecular weight excluding hydrogens is 314 g/mol. The molecule has 134 valence electrons. The Balaban J connectivity index is 2.27. The van der Waals surface area contributed by atoms with Gasteiger partial charge >= 0.3 is 0 Å². The van der Waals surface area contributed by atoms with Crippen LogP contribution in [0.4, 0.5) is 5.69 Å². The number of carbonyl (C=O) groups excluding carboxylic acids is 1. The van der Waals surface area contributed by atoms with Crippen LogP contribution in [0.25, 0.3) is 0 Å². The molecule has 25 heavy (non-hydrogen) atoms. The van der Waals surface area contributed by atoms with E-state index in [1.807, 2.05) is 39.8 Å². The maximum Gasteiger partial charge on any atom is 0.255 e. The molecule has 0 saturated carbocycles. The molecule has 0 radical (unpaired) electrons. The van der Waals surface area contributed by atoms with Gasteiger partial charge in [0.05, 0.1) is 13.2 Å². The standard InChI is InChI=1S/C21H27NO3/c1-6-24-13-18-12-17(8-9-19(18)25-7-2)21(23)22-20-15(4)10-14(3)11-16(20)5/h8-12H,6-7,13H2,1-5H3,(H,22,23). The molecule has 4 nitrogen and oxygen atoms in total. The molecule has 0 aliphatic heterocycles. The molecule has 0 spiro atoms. The van der Waals surface area contributed by atoms with Crippen molar-refractivity contribution in [1.82, 2.24) is 0 Å². The Morgan fingerprint density at radius 2 is 1.68 bits per heavy atom. The van der Waals surface area contributed by atoms with E-state index in [-0.39, 0.29) is 5.91 Å². The van der Waals surface area contributed by atoms with Crippen LogP contribution in [0.1, 0.15) is 46.5 Å². The lowest BCUT2D eigenvalue weighted by Crippen LogP contribution is -2.14. The largest absolute Gasteiger partial charge is 0.494 e. The molecule has 1 N–H and O–H groups in total. The molecule has 2 rings (SSSR count). The van der Waals surface area contributed by atoms with Crippen LogP contribution in [0.5, 0.6) is 5.75 Å². The van der Waals surface area contributed by atoms with Gasteiger partial charge in [-0.05, 0) is 63.9 Å². The van der Waals surface area contributed by atoms with Gasteiger partial charge in [0, 0.05) is 23.4 Å². The van der Waals surface area contributed by atoms with E-state index >= 15 is 0 Å². The van der Waals surface area contributed by atoms with Crippen molar-refractivity contribution in [2.75, 3.05) is 18.5 Å². The lowest BCUT2D eigenvalue weighted by Gasteiger charge is -2.15. The summed E-state index contributed by atoms with van der Waals surface area (Å²) in [7, 11) is 0. The number of hydrogen-bond donors (Lipinski definition) is 1. The summed E-state index contributed by atoms with van der Waals surface area (Å²) in [4.78, 5) is 12.7. The SMILES string of the molecule is CCOCc1cc(C(=O)Nc2c(C)cc(C)cc2C)ccc1OCC. The molecule has 4 heteroatoms. The topological polar surface area (TPSA) is 47.6 Å². The van der Waals surface area contributed by atoms with Crippen LogP contribution < -0.4 is 10.1 Å². The first-order valence-corrected chi connectivity index (χ1v) is 8.68. The van der Waals surface area contributed by atoms with E-state index in [0.29, 0.717) is 25.4 Å². The highest BCUT2D eigenvalue weighted by Crippen LogP contribution is 2.25. The molecule has 2 aromatic carbocycles. The summed E-state index contributed by atoms with van der Waals surface area (Å²) in [5.41, 5.74) is 5.66. The highest BCUT2D eigenvalue weighted by Gasteiger charge is 2.13. The van der Waals surface area contributed by atoms with Gasteiger partial charge in [0.25, 0.3) is 5.91 Å². The summed E-state index contributed by atoms with van der Waals surface area (Å²) >= 11 is 0. The van der Waals surface area contributed by atoms with Gasteiger partial charge in [0.15, 0.2) is 0 Å². The molecule has 0 aromatic heterocycles. The second kappa shape index (κ2) is 8.67. The summed E-state index contributed by atoms with van der Waals surface area (Å²) in [6.45, 7) is 11.6. The molecule has 0 heterocycles. The number of ether oxygens (including phenoxy) is 2. The zero-order valence-electron chi connectivity index (χ0n) is 15.7. The number of benzene rings is 2. The fraction of sp³-hybridized carbons (Fsp3) is 0.381. The van der Waals surface area contributed by atoms with Crippen molar-refractivity contribution in [2.24, 2.45) is 0 Å². The molecule has 1 amide bonds. The summed E-state index contributed by atoms with van der Waals surface area (Å²) in [5, 5.41) is 3.04. The molecule has 0 unspecified atom stereocenters. The van der Waals surface area contributed by atoms with Gasteiger partial charge < -0.3 is 14.8 Å². The van der Waals surface area contributed by atoms with Crippen molar-refractivity contribution in [3.8, 4) is 5.75 Å². The zero-order chi connectivity index (χ0) is 18.4. The summed E-state index contributed by atoms with van der Waals surface area (Å²) in [5.74, 6) is 0.631. The number of amides is 1. The van der Waals surface area contributed by atoms with E-state index < -0.39 is 0 Å². The van der Waals surface area contributed by atoms with Crippen LogP contribution in [-0.2, 0) is 11.3 Å². The van der Waals surface area contributed by atoms with E-state index in [2.05, 4.69) is 24.4 Å². The predicted octanol–water partition coefficient (Wildman–Crippen LogP) is 4.80. The quantitative estimate of drug-likeness (QED) is 0.787. The van der Waals surface area contributed by atoms with Gasteiger partial charge in [0.1, 0.15) is 5.75 Å². The lowest BCUT2D eigenvalue weighted by atomic mass is 10.0. The molecular formula is C21H27NO3. The molecule has 0 bridgehead atoms. The van der Waals surface area contributed by atoms with Crippen molar-refractivity contribution < 1.29 is 14.3 Å². The molecule has 0 aliphatic carbocycles. The van der Waals surface area contributed by atoms with Gasteiger partial charge in [-0.15, -0.1) is 0 Å². The minimum absolute atomic E-state index is 0.129. The second-order valence-corrected chi connectivity index (χ2v) is 6.12. The van der Waals surface area contributed by atoms with Crippen molar-refractivity contribution in [3.63, 3.8) is 0 Å². The number of anilines is 1. The number of nitrogens with one attached hydrogen (secondary N) is 1. The van der Waals surface area contributed by atoms with Crippen LogP contribution in [0, 0.1) is 20.8 Å². The van der Waals surface area contributed by atoms with E-state index in [1.165, 1.54) is 5.56 Å². The van der Waals surface area contributed by atoms with Crippen LogP contribution in [0.3, 0.4) is 0 Å². The van der Waals surface area contributed by atoms with Crippen molar-refractivity contribution in [1.29, 1.82) is 0 Å². The van der Waals surface area contributed by atoms with E-state index in [4.69, 9.17) is 9.47 Å². The van der Waals surface area contributed by atoms with Gasteiger partial charge in [-0.3, -0.25) is 4.79 Å². The van der Waals surface area contributed by atoms with Crippen LogP contribution in [0.15, 0.2) is 30.3 Å². The Bertz CT molecular complexity index is 730. The Morgan fingerprint density at radius 1 is 1.00 bits per heavy atom. The molecule has 0 fully saturated rings. The molecule has 0 atom stereocenters. The van der Waals surface area contributed by atoms with Gasteiger partial charge in [0.2, 0.25) is 0 Å². The minimum atomic E-state index is -0.129. The summed E-state index contributed by atoms with van der Waals surface area (Å²) < 4.78 is 11.1. The zero-order valence-corrected chi connectivity index (χ0v) is 15.7. The van der Waals surface area contributed by atoms with Crippen molar-refractivity contribution >= 4 is 11.6 Å². The van der Waals surface area contributed by atoms with E-state index in [1.54, 1.807) is 6.07 Å². The first kappa shape index (κ1) is 19.0. The monoisotopic (exact) mass is 341 g/mol. The van der Waals surface area contributed by atoms with Gasteiger partial charge in [-0.25, -0.2) is 0 Å². The third-order valence-electron chi connectivity index (χ3n) is 4.00. The first-order chi connectivity index (χ1) is 12.0. The van der Waals surface area contributed by atoms with Crippen molar-refractivity contribution in [2.45, 2.75) is 41.2 Å². The highest BCUT2D eigenvalue weighted by atomic mass is 16.5. The maximum absolute atomic E-state index is 12.7. The van der Waals surface area contributed by atoms with Gasteiger partial charge in [-0.2, -0.15) is 0 Å². The molecule has 0 aliphatic rings. The third kappa shape index (κ3) is 4.83. The van der Waals surface area contributed by atoms with Gasteiger partial charge in [-0.1, -0.05) is 17.7 Å².